The van der Waals surface area contributed by atoms with Crippen molar-refractivity contribution < 1.29 is 9.90 Å². The van der Waals surface area contributed by atoms with Crippen molar-refractivity contribution in [2.45, 2.75) is 25.8 Å². The van der Waals surface area contributed by atoms with E-state index in [1.807, 2.05) is 13.1 Å². The lowest BCUT2D eigenvalue weighted by Gasteiger charge is -2.25. The van der Waals surface area contributed by atoms with E-state index in [0.717, 1.165) is 6.42 Å². The van der Waals surface area contributed by atoms with Crippen molar-refractivity contribution in [3.8, 4) is 0 Å². The first-order valence-electron chi connectivity index (χ1n) is 5.10. The second-order valence-electron chi connectivity index (χ2n) is 3.56. The summed E-state index contributed by atoms with van der Waals surface area (Å²) in [4.78, 5) is 13.9. The van der Waals surface area contributed by atoms with Crippen molar-refractivity contribution in [3.05, 3.63) is 22.4 Å². The maximum absolute atomic E-state index is 10.5. The minimum atomic E-state index is -0.733. The summed E-state index contributed by atoms with van der Waals surface area (Å²) >= 11 is 1.73. The summed E-state index contributed by atoms with van der Waals surface area (Å²) in [6.07, 6.45) is 1.22. The molecule has 0 saturated heterocycles. The highest BCUT2D eigenvalue weighted by Gasteiger charge is 2.16. The summed E-state index contributed by atoms with van der Waals surface area (Å²) < 4.78 is 0. The number of rotatable bonds is 6. The summed E-state index contributed by atoms with van der Waals surface area (Å²) in [5.74, 6) is -0.733. The van der Waals surface area contributed by atoms with E-state index < -0.39 is 5.97 Å². The van der Waals surface area contributed by atoms with Crippen LogP contribution >= 0.6 is 11.3 Å². The van der Waals surface area contributed by atoms with Crippen LogP contribution in [0.1, 0.15) is 30.7 Å². The number of aliphatic carboxylic acids is 1. The van der Waals surface area contributed by atoms with Crippen molar-refractivity contribution >= 4 is 17.3 Å². The average Bonchev–Trinajstić information content (AvgIpc) is 2.69. The van der Waals surface area contributed by atoms with Crippen LogP contribution in [0.25, 0.3) is 0 Å². The van der Waals surface area contributed by atoms with Crippen LogP contribution in [0, 0.1) is 0 Å². The van der Waals surface area contributed by atoms with E-state index in [1.54, 1.807) is 11.3 Å². The zero-order valence-electron chi connectivity index (χ0n) is 9.14. The molecule has 0 aliphatic heterocycles. The SMILES string of the molecule is CCC(c1cccs1)N(C)CCC(=O)O. The van der Waals surface area contributed by atoms with E-state index >= 15 is 0 Å². The molecule has 0 bridgehead atoms. The van der Waals surface area contributed by atoms with Gasteiger partial charge in [-0.2, -0.15) is 0 Å². The molecule has 1 aromatic heterocycles. The van der Waals surface area contributed by atoms with Crippen LogP contribution in [0.4, 0.5) is 0 Å². The first-order valence-corrected chi connectivity index (χ1v) is 5.98. The Kier molecular flexibility index (Phi) is 4.78. The number of nitrogens with zero attached hydrogens (tertiary/aromatic N) is 1. The first-order chi connectivity index (χ1) is 7.15. The third-order valence-corrected chi connectivity index (χ3v) is 3.44. The molecule has 4 heteroatoms. The van der Waals surface area contributed by atoms with Gasteiger partial charge in [-0.15, -0.1) is 11.3 Å². The molecule has 84 valence electrons. The Bertz CT molecular complexity index is 298. The molecule has 1 aromatic rings. The topological polar surface area (TPSA) is 40.5 Å². The molecule has 0 saturated carbocycles. The summed E-state index contributed by atoms with van der Waals surface area (Å²) in [6.45, 7) is 2.73. The predicted molar refractivity (Wildman–Crippen MR) is 62.2 cm³/mol. The Hall–Kier alpha value is -0.870. The Morgan fingerprint density at radius 3 is 2.87 bits per heavy atom. The Labute approximate surface area is 94.3 Å². The lowest BCUT2D eigenvalue weighted by molar-refractivity contribution is -0.137. The molecule has 0 aliphatic carbocycles. The molecular weight excluding hydrogens is 210 g/mol. The molecule has 0 radical (unpaired) electrons. The Morgan fingerprint density at radius 1 is 1.67 bits per heavy atom. The van der Waals surface area contributed by atoms with Gasteiger partial charge >= 0.3 is 5.97 Å². The molecule has 0 spiro atoms. The fourth-order valence-corrected chi connectivity index (χ4v) is 2.61. The summed E-state index contributed by atoms with van der Waals surface area (Å²) in [6, 6.07) is 4.49. The van der Waals surface area contributed by atoms with Gasteiger partial charge in [0.05, 0.1) is 6.42 Å². The van der Waals surface area contributed by atoms with Gasteiger partial charge in [0.2, 0.25) is 0 Å². The average molecular weight is 227 g/mol. The number of carboxylic acid groups (broad SMARTS) is 1. The number of hydrogen-bond acceptors (Lipinski definition) is 3. The number of hydrogen-bond donors (Lipinski definition) is 1. The summed E-state index contributed by atoms with van der Waals surface area (Å²) in [5, 5.41) is 10.7. The molecule has 3 nitrogen and oxygen atoms in total. The molecule has 15 heavy (non-hydrogen) atoms. The highest BCUT2D eigenvalue weighted by Crippen LogP contribution is 2.26. The second-order valence-corrected chi connectivity index (χ2v) is 4.54. The number of carbonyl (C=O) groups is 1. The molecule has 1 N–H and O–H groups in total. The van der Waals surface area contributed by atoms with Crippen molar-refractivity contribution in [2.75, 3.05) is 13.6 Å². The predicted octanol–water partition coefficient (Wildman–Crippen LogP) is 2.61. The molecule has 1 heterocycles. The molecule has 1 rings (SSSR count). The first kappa shape index (κ1) is 12.2. The van der Waals surface area contributed by atoms with Crippen LogP contribution in [-0.4, -0.2) is 29.6 Å². The van der Waals surface area contributed by atoms with E-state index in [9.17, 15) is 4.79 Å². The third kappa shape index (κ3) is 3.64. The standard InChI is InChI=1S/C11H17NO2S/c1-3-9(10-5-4-8-15-10)12(2)7-6-11(13)14/h4-5,8-9H,3,6-7H2,1-2H3,(H,13,14). The van der Waals surface area contributed by atoms with Crippen molar-refractivity contribution in [1.29, 1.82) is 0 Å². The maximum Gasteiger partial charge on any atom is 0.304 e. The van der Waals surface area contributed by atoms with Crippen molar-refractivity contribution in [2.24, 2.45) is 0 Å². The second kappa shape index (κ2) is 5.88. The highest BCUT2D eigenvalue weighted by atomic mass is 32.1. The summed E-state index contributed by atoms with van der Waals surface area (Å²) in [5.41, 5.74) is 0. The third-order valence-electron chi connectivity index (χ3n) is 2.47. The van der Waals surface area contributed by atoms with Gasteiger partial charge in [0.15, 0.2) is 0 Å². The summed E-state index contributed by atoms with van der Waals surface area (Å²) in [7, 11) is 1.98. The molecular formula is C11H17NO2S. The molecule has 0 fully saturated rings. The molecule has 1 atom stereocenters. The van der Waals surface area contributed by atoms with Crippen LogP contribution < -0.4 is 0 Å². The van der Waals surface area contributed by atoms with Gasteiger partial charge in [-0.25, -0.2) is 0 Å². The van der Waals surface area contributed by atoms with E-state index in [2.05, 4.69) is 23.3 Å². The van der Waals surface area contributed by atoms with E-state index in [4.69, 9.17) is 5.11 Å². The van der Waals surface area contributed by atoms with Crippen molar-refractivity contribution in [3.63, 3.8) is 0 Å². The largest absolute Gasteiger partial charge is 0.481 e. The number of carboxylic acids is 1. The van der Waals surface area contributed by atoms with Crippen LogP contribution in [0.15, 0.2) is 17.5 Å². The van der Waals surface area contributed by atoms with Crippen LogP contribution in [0.3, 0.4) is 0 Å². The van der Waals surface area contributed by atoms with Gasteiger partial charge in [0.1, 0.15) is 0 Å². The van der Waals surface area contributed by atoms with Crippen LogP contribution in [0.5, 0.6) is 0 Å². The zero-order chi connectivity index (χ0) is 11.3. The fourth-order valence-electron chi connectivity index (χ4n) is 1.64. The minimum absolute atomic E-state index is 0.207. The molecule has 0 amide bonds. The zero-order valence-corrected chi connectivity index (χ0v) is 9.96. The van der Waals surface area contributed by atoms with E-state index in [-0.39, 0.29) is 6.42 Å². The van der Waals surface area contributed by atoms with Crippen LogP contribution in [-0.2, 0) is 4.79 Å². The van der Waals surface area contributed by atoms with E-state index in [0.29, 0.717) is 12.6 Å². The molecule has 0 aliphatic rings. The smallest absolute Gasteiger partial charge is 0.304 e. The van der Waals surface area contributed by atoms with Crippen molar-refractivity contribution in [1.82, 2.24) is 4.90 Å². The van der Waals surface area contributed by atoms with Gasteiger partial charge in [-0.05, 0) is 24.9 Å². The Balaban J connectivity index is 2.55. The fraction of sp³-hybridized carbons (Fsp3) is 0.545. The van der Waals surface area contributed by atoms with Gasteiger partial charge in [-0.1, -0.05) is 13.0 Å². The molecule has 1 unspecified atom stereocenters. The lowest BCUT2D eigenvalue weighted by Crippen LogP contribution is -2.26. The molecule has 0 aromatic carbocycles. The Morgan fingerprint density at radius 2 is 2.40 bits per heavy atom. The van der Waals surface area contributed by atoms with Crippen LogP contribution in [0.2, 0.25) is 0 Å². The normalized spacial score (nSPS) is 13.0. The lowest BCUT2D eigenvalue weighted by atomic mass is 10.1. The monoisotopic (exact) mass is 227 g/mol. The van der Waals surface area contributed by atoms with Gasteiger partial charge in [-0.3, -0.25) is 9.69 Å². The van der Waals surface area contributed by atoms with Gasteiger partial charge in [0, 0.05) is 17.5 Å². The minimum Gasteiger partial charge on any atom is -0.481 e. The maximum atomic E-state index is 10.5. The number of thiophene rings is 1. The van der Waals surface area contributed by atoms with Gasteiger partial charge in [0.25, 0.3) is 0 Å². The quantitative estimate of drug-likeness (QED) is 0.812. The van der Waals surface area contributed by atoms with E-state index in [1.165, 1.54) is 4.88 Å². The highest BCUT2D eigenvalue weighted by molar-refractivity contribution is 7.10. The van der Waals surface area contributed by atoms with Gasteiger partial charge < -0.3 is 5.11 Å².